The molecule has 162 valence electrons. The van der Waals surface area contributed by atoms with Gasteiger partial charge >= 0.3 is 0 Å². The average molecular weight is 453 g/mol. The summed E-state index contributed by atoms with van der Waals surface area (Å²) < 4.78 is 3.90. The maximum absolute atomic E-state index is 13.9. The molecule has 0 spiro atoms. The topological polar surface area (TPSA) is 52.2 Å². The predicted octanol–water partition coefficient (Wildman–Crippen LogP) is 5.98. The maximum atomic E-state index is 13.9. The van der Waals surface area contributed by atoms with E-state index in [9.17, 15) is 4.79 Å². The molecule has 0 amide bonds. The second kappa shape index (κ2) is 8.10. The van der Waals surface area contributed by atoms with E-state index in [4.69, 9.17) is 0 Å². The lowest BCUT2D eigenvalue weighted by molar-refractivity contribution is 0.601. The Morgan fingerprint density at radius 3 is 2.74 bits per heavy atom. The standard InChI is InChI=1S/C24H28N4OS2/c1-14(2)12-13-30-24-26-25-23-27(17-10-8-15(3)9-11-17)21(29)20-19-16(4)6-5-7-18(19)31-22(20)28(23)24/h8-11,14,16H,5-7,12-13H2,1-4H3. The lowest BCUT2D eigenvalue weighted by atomic mass is 9.88. The Balaban J connectivity index is 1.82. The van der Waals surface area contributed by atoms with Gasteiger partial charge in [-0.1, -0.05) is 50.2 Å². The van der Waals surface area contributed by atoms with Crippen molar-refractivity contribution >= 4 is 39.1 Å². The molecule has 5 rings (SSSR count). The van der Waals surface area contributed by atoms with Crippen LogP contribution in [-0.2, 0) is 6.42 Å². The van der Waals surface area contributed by atoms with Crippen LogP contribution in [0.3, 0.4) is 0 Å². The Bertz CT molecular complexity index is 1310. The van der Waals surface area contributed by atoms with Crippen LogP contribution in [0.2, 0.25) is 0 Å². The van der Waals surface area contributed by atoms with Crippen LogP contribution >= 0.6 is 23.1 Å². The van der Waals surface area contributed by atoms with Crippen LogP contribution < -0.4 is 5.56 Å². The monoisotopic (exact) mass is 452 g/mol. The Hall–Kier alpha value is -2.12. The van der Waals surface area contributed by atoms with E-state index in [1.165, 1.54) is 22.4 Å². The summed E-state index contributed by atoms with van der Waals surface area (Å²) in [6.45, 7) is 8.80. The van der Waals surface area contributed by atoms with Crippen molar-refractivity contribution in [2.75, 3.05) is 5.75 Å². The first-order valence-corrected chi connectivity index (χ1v) is 12.9. The lowest BCUT2D eigenvalue weighted by Gasteiger charge is -2.18. The largest absolute Gasteiger partial charge is 0.268 e. The Labute approximate surface area is 190 Å². The van der Waals surface area contributed by atoms with Crippen LogP contribution in [0.1, 0.15) is 62.0 Å². The molecule has 0 radical (unpaired) electrons. The van der Waals surface area contributed by atoms with Crippen LogP contribution in [0.25, 0.3) is 21.7 Å². The van der Waals surface area contributed by atoms with Gasteiger partial charge in [0.1, 0.15) is 4.83 Å². The third-order valence-corrected chi connectivity index (χ3v) is 8.40. The van der Waals surface area contributed by atoms with Gasteiger partial charge in [-0.05, 0) is 62.1 Å². The van der Waals surface area contributed by atoms with Gasteiger partial charge in [0, 0.05) is 10.6 Å². The minimum atomic E-state index is 0.0312. The number of aromatic nitrogens is 4. The molecule has 0 bridgehead atoms. The van der Waals surface area contributed by atoms with Crippen LogP contribution in [0.15, 0.2) is 34.2 Å². The van der Waals surface area contributed by atoms with E-state index in [1.807, 2.05) is 24.3 Å². The summed E-state index contributed by atoms with van der Waals surface area (Å²) in [6.07, 6.45) is 4.51. The summed E-state index contributed by atoms with van der Waals surface area (Å²) in [5, 5.41) is 10.8. The van der Waals surface area contributed by atoms with Crippen molar-refractivity contribution in [2.45, 2.75) is 64.5 Å². The molecule has 31 heavy (non-hydrogen) atoms. The van der Waals surface area contributed by atoms with E-state index >= 15 is 0 Å². The zero-order valence-electron chi connectivity index (χ0n) is 18.5. The fourth-order valence-corrected chi connectivity index (χ4v) is 7.14. The molecule has 0 aliphatic heterocycles. The Kier molecular flexibility index (Phi) is 5.42. The van der Waals surface area contributed by atoms with Crippen molar-refractivity contribution in [3.05, 3.63) is 50.6 Å². The lowest BCUT2D eigenvalue weighted by Crippen LogP contribution is -2.22. The minimum Gasteiger partial charge on any atom is -0.268 e. The summed E-state index contributed by atoms with van der Waals surface area (Å²) >= 11 is 3.51. The van der Waals surface area contributed by atoms with Crippen molar-refractivity contribution < 1.29 is 0 Å². The molecule has 1 atom stereocenters. The average Bonchev–Trinajstić information content (AvgIpc) is 3.32. The number of benzene rings is 1. The normalized spacial score (nSPS) is 16.5. The molecule has 3 heterocycles. The summed E-state index contributed by atoms with van der Waals surface area (Å²) in [4.78, 5) is 16.3. The van der Waals surface area contributed by atoms with Crippen molar-refractivity contribution in [1.29, 1.82) is 0 Å². The molecular weight excluding hydrogens is 424 g/mol. The molecule has 0 saturated heterocycles. The Morgan fingerprint density at radius 2 is 2.00 bits per heavy atom. The molecule has 1 aliphatic rings. The van der Waals surface area contributed by atoms with Gasteiger partial charge in [-0.25, -0.2) is 8.97 Å². The van der Waals surface area contributed by atoms with Gasteiger partial charge in [0.05, 0.1) is 11.1 Å². The summed E-state index contributed by atoms with van der Waals surface area (Å²) in [5.41, 5.74) is 3.30. The third-order valence-electron chi connectivity index (χ3n) is 6.19. The van der Waals surface area contributed by atoms with Gasteiger partial charge in [0.25, 0.3) is 5.56 Å². The summed E-state index contributed by atoms with van der Waals surface area (Å²) in [5.74, 6) is 2.65. The summed E-state index contributed by atoms with van der Waals surface area (Å²) in [7, 11) is 0. The zero-order chi connectivity index (χ0) is 21.7. The fourth-order valence-electron chi connectivity index (χ4n) is 4.45. The van der Waals surface area contributed by atoms with Gasteiger partial charge in [0.15, 0.2) is 5.16 Å². The fraction of sp³-hybridized carbons (Fsp3) is 0.458. The molecule has 1 aliphatic carbocycles. The van der Waals surface area contributed by atoms with Gasteiger partial charge in [-0.3, -0.25) is 4.79 Å². The molecular formula is C24H28N4OS2. The number of thioether (sulfide) groups is 1. The number of nitrogens with zero attached hydrogens (tertiary/aromatic N) is 4. The van der Waals surface area contributed by atoms with E-state index in [0.29, 0.717) is 17.6 Å². The summed E-state index contributed by atoms with van der Waals surface area (Å²) in [6, 6.07) is 8.10. The van der Waals surface area contributed by atoms with E-state index in [0.717, 1.165) is 46.1 Å². The minimum absolute atomic E-state index is 0.0312. The molecule has 1 aromatic carbocycles. The first-order valence-electron chi connectivity index (χ1n) is 11.1. The van der Waals surface area contributed by atoms with E-state index < -0.39 is 0 Å². The van der Waals surface area contributed by atoms with E-state index in [2.05, 4.69) is 42.3 Å². The zero-order valence-corrected chi connectivity index (χ0v) is 20.1. The number of hydrogen-bond donors (Lipinski definition) is 0. The number of aryl methyl sites for hydroxylation is 2. The van der Waals surface area contributed by atoms with Gasteiger partial charge in [-0.2, -0.15) is 0 Å². The molecule has 3 aromatic heterocycles. The highest BCUT2D eigenvalue weighted by Crippen LogP contribution is 2.41. The number of rotatable bonds is 5. The smallest absolute Gasteiger partial charge is 0.268 e. The highest BCUT2D eigenvalue weighted by atomic mass is 32.2. The van der Waals surface area contributed by atoms with Crippen molar-refractivity contribution in [1.82, 2.24) is 19.2 Å². The molecule has 0 N–H and O–H groups in total. The first kappa shape index (κ1) is 20.8. The van der Waals surface area contributed by atoms with Crippen molar-refractivity contribution in [2.24, 2.45) is 5.92 Å². The van der Waals surface area contributed by atoms with E-state index in [1.54, 1.807) is 27.7 Å². The van der Waals surface area contributed by atoms with Gasteiger partial charge in [-0.15, -0.1) is 21.5 Å². The third kappa shape index (κ3) is 3.52. The van der Waals surface area contributed by atoms with Gasteiger partial charge in [0.2, 0.25) is 5.78 Å². The van der Waals surface area contributed by atoms with Crippen LogP contribution in [0.4, 0.5) is 0 Å². The number of fused-ring (bicyclic) bond motifs is 5. The van der Waals surface area contributed by atoms with Crippen molar-refractivity contribution in [3.63, 3.8) is 0 Å². The number of hydrogen-bond acceptors (Lipinski definition) is 5. The van der Waals surface area contributed by atoms with Crippen LogP contribution in [-0.4, -0.2) is 24.9 Å². The molecule has 0 saturated carbocycles. The van der Waals surface area contributed by atoms with Crippen LogP contribution in [0, 0.1) is 12.8 Å². The molecule has 5 nitrogen and oxygen atoms in total. The van der Waals surface area contributed by atoms with Crippen LogP contribution in [0.5, 0.6) is 0 Å². The van der Waals surface area contributed by atoms with Crippen molar-refractivity contribution in [3.8, 4) is 5.69 Å². The highest BCUT2D eigenvalue weighted by Gasteiger charge is 2.28. The van der Waals surface area contributed by atoms with E-state index in [-0.39, 0.29) is 5.56 Å². The highest BCUT2D eigenvalue weighted by molar-refractivity contribution is 7.99. The quantitative estimate of drug-likeness (QED) is 0.350. The second-order valence-electron chi connectivity index (χ2n) is 9.04. The maximum Gasteiger partial charge on any atom is 0.268 e. The SMILES string of the molecule is Cc1ccc(-n2c(=O)c3c4c(sc3n3c(SCCC(C)C)nnc23)CCCC4C)cc1. The molecule has 4 aromatic rings. The number of thiophene rings is 1. The van der Waals surface area contributed by atoms with Gasteiger partial charge < -0.3 is 0 Å². The first-order chi connectivity index (χ1) is 15.0. The predicted molar refractivity (Wildman–Crippen MR) is 130 cm³/mol. The second-order valence-corrected chi connectivity index (χ2v) is 11.2. The Morgan fingerprint density at radius 1 is 1.23 bits per heavy atom. The molecule has 0 fully saturated rings. The molecule has 1 unspecified atom stereocenters. The molecule has 7 heteroatoms.